The number of amides is 1. The molecule has 0 spiro atoms. The van der Waals surface area contributed by atoms with Gasteiger partial charge in [0, 0.05) is 12.2 Å². The van der Waals surface area contributed by atoms with Gasteiger partial charge in [-0.1, -0.05) is 35.3 Å². The van der Waals surface area contributed by atoms with Crippen molar-refractivity contribution in [1.29, 1.82) is 0 Å². The Hall–Kier alpha value is -1.76. The zero-order valence-electron chi connectivity index (χ0n) is 14.0. The van der Waals surface area contributed by atoms with Crippen LogP contribution in [-0.4, -0.2) is 23.4 Å². The Morgan fingerprint density at radius 3 is 2.33 bits per heavy atom. The van der Waals surface area contributed by atoms with Crippen molar-refractivity contribution in [3.8, 4) is 0 Å². The van der Waals surface area contributed by atoms with E-state index in [1.807, 2.05) is 4.90 Å². The van der Waals surface area contributed by atoms with Crippen molar-refractivity contribution in [3.63, 3.8) is 0 Å². The predicted octanol–water partition coefficient (Wildman–Crippen LogP) is 5.52. The molecule has 0 radical (unpaired) electrons. The summed E-state index contributed by atoms with van der Waals surface area (Å²) in [6.07, 6.45) is -3.26. The van der Waals surface area contributed by atoms with E-state index < -0.39 is 17.9 Å². The number of nitrogens with zero attached hydrogens (tertiary/aromatic N) is 2. The Balaban J connectivity index is 1.77. The lowest BCUT2D eigenvalue weighted by molar-refractivity contribution is -0.137. The van der Waals surface area contributed by atoms with Crippen LogP contribution in [0.25, 0.3) is 0 Å². The lowest BCUT2D eigenvalue weighted by Crippen LogP contribution is -2.32. The van der Waals surface area contributed by atoms with Gasteiger partial charge < -0.3 is 0 Å². The molecule has 2 saturated heterocycles. The van der Waals surface area contributed by atoms with Gasteiger partial charge in [0.1, 0.15) is 6.17 Å². The topological polar surface area (TPSA) is 23.6 Å². The molecule has 2 aliphatic heterocycles. The highest BCUT2D eigenvalue weighted by Crippen LogP contribution is 2.44. The minimum atomic E-state index is -4.40. The summed E-state index contributed by atoms with van der Waals surface area (Å²) in [6.45, 7) is 0.708. The van der Waals surface area contributed by atoms with Gasteiger partial charge in [0.15, 0.2) is 0 Å². The molecule has 2 heterocycles. The summed E-state index contributed by atoms with van der Waals surface area (Å²) in [5, 5.41) is 0.693. The second-order valence-electron chi connectivity index (χ2n) is 6.70. The van der Waals surface area contributed by atoms with E-state index in [9.17, 15) is 18.0 Å². The van der Waals surface area contributed by atoms with Crippen molar-refractivity contribution in [2.24, 2.45) is 0 Å². The third-order valence-corrected chi connectivity index (χ3v) is 5.83. The Morgan fingerprint density at radius 2 is 1.70 bits per heavy atom. The summed E-state index contributed by atoms with van der Waals surface area (Å²) in [5.74, 6) is -0.0733. The summed E-state index contributed by atoms with van der Waals surface area (Å²) < 4.78 is 38.7. The SMILES string of the molecule is O=C1C2CCCN2C(c2ccc(C(F)(F)F)cc2)N1c1ccc(Cl)c(Cl)c1. The van der Waals surface area contributed by atoms with E-state index >= 15 is 0 Å². The minimum Gasteiger partial charge on any atom is -0.290 e. The molecule has 4 rings (SSSR count). The molecule has 2 fully saturated rings. The smallest absolute Gasteiger partial charge is 0.290 e. The Labute approximate surface area is 164 Å². The number of rotatable bonds is 2. The third-order valence-electron chi connectivity index (χ3n) is 5.09. The number of hydrogen-bond donors (Lipinski definition) is 0. The first-order chi connectivity index (χ1) is 12.8. The highest BCUT2D eigenvalue weighted by Gasteiger charge is 2.49. The van der Waals surface area contributed by atoms with Crippen molar-refractivity contribution in [1.82, 2.24) is 4.90 Å². The lowest BCUT2D eigenvalue weighted by atomic mass is 10.1. The summed E-state index contributed by atoms with van der Waals surface area (Å²) >= 11 is 12.1. The molecule has 8 heteroatoms. The molecular weight excluding hydrogens is 400 g/mol. The van der Waals surface area contributed by atoms with E-state index in [2.05, 4.69) is 0 Å². The number of alkyl halides is 3. The van der Waals surface area contributed by atoms with Crippen LogP contribution in [0.2, 0.25) is 10.0 Å². The molecule has 2 aliphatic rings. The maximum Gasteiger partial charge on any atom is 0.416 e. The molecular formula is C19H15Cl2F3N2O. The van der Waals surface area contributed by atoms with Crippen molar-refractivity contribution in [3.05, 3.63) is 63.6 Å². The fourth-order valence-corrected chi connectivity index (χ4v) is 4.16. The molecule has 0 N–H and O–H groups in total. The number of halogens is 5. The van der Waals surface area contributed by atoms with Gasteiger partial charge >= 0.3 is 6.18 Å². The molecule has 0 saturated carbocycles. The normalized spacial score (nSPS) is 23.1. The summed E-state index contributed by atoms with van der Waals surface area (Å²) in [6, 6.07) is 9.63. The number of benzene rings is 2. The van der Waals surface area contributed by atoms with Crippen LogP contribution in [0.15, 0.2) is 42.5 Å². The Morgan fingerprint density at radius 1 is 1.00 bits per heavy atom. The number of hydrogen-bond acceptors (Lipinski definition) is 2. The van der Waals surface area contributed by atoms with E-state index in [0.717, 1.165) is 25.0 Å². The highest BCUT2D eigenvalue weighted by molar-refractivity contribution is 6.42. The molecule has 3 nitrogen and oxygen atoms in total. The first-order valence-electron chi connectivity index (χ1n) is 8.48. The zero-order chi connectivity index (χ0) is 19.3. The van der Waals surface area contributed by atoms with Gasteiger partial charge in [-0.25, -0.2) is 0 Å². The minimum absolute atomic E-state index is 0.0733. The van der Waals surface area contributed by atoms with Crippen LogP contribution in [-0.2, 0) is 11.0 Å². The largest absolute Gasteiger partial charge is 0.416 e. The van der Waals surface area contributed by atoms with Gasteiger partial charge in [0.2, 0.25) is 5.91 Å². The molecule has 27 heavy (non-hydrogen) atoms. The van der Waals surface area contributed by atoms with Crippen molar-refractivity contribution in [2.75, 3.05) is 11.4 Å². The van der Waals surface area contributed by atoms with Crippen LogP contribution in [0.3, 0.4) is 0 Å². The summed E-state index contributed by atoms with van der Waals surface area (Å²) in [7, 11) is 0. The van der Waals surface area contributed by atoms with Crippen LogP contribution in [0.5, 0.6) is 0 Å². The van der Waals surface area contributed by atoms with Gasteiger partial charge in [-0.05, 0) is 48.7 Å². The van der Waals surface area contributed by atoms with Gasteiger partial charge in [-0.15, -0.1) is 0 Å². The third kappa shape index (κ3) is 3.20. The van der Waals surface area contributed by atoms with Crippen molar-refractivity contribution < 1.29 is 18.0 Å². The summed E-state index contributed by atoms with van der Waals surface area (Å²) in [5.41, 5.74) is 0.496. The number of carbonyl (C=O) groups excluding carboxylic acids is 1. The van der Waals surface area contributed by atoms with E-state index in [0.29, 0.717) is 27.8 Å². The molecule has 0 aromatic heterocycles. The number of anilines is 1. The highest BCUT2D eigenvalue weighted by atomic mass is 35.5. The maximum atomic E-state index is 13.0. The molecule has 142 valence electrons. The monoisotopic (exact) mass is 414 g/mol. The second kappa shape index (κ2) is 6.69. The second-order valence-corrected chi connectivity index (χ2v) is 7.51. The van der Waals surface area contributed by atoms with Gasteiger partial charge in [-0.2, -0.15) is 13.2 Å². The molecule has 2 aromatic rings. The maximum absolute atomic E-state index is 13.0. The van der Waals surface area contributed by atoms with Gasteiger partial charge in [0.25, 0.3) is 0 Å². The van der Waals surface area contributed by atoms with E-state index in [-0.39, 0.29) is 11.9 Å². The molecule has 2 aromatic carbocycles. The molecule has 0 aliphatic carbocycles. The number of fused-ring (bicyclic) bond motifs is 1. The molecule has 2 unspecified atom stereocenters. The van der Waals surface area contributed by atoms with Crippen LogP contribution >= 0.6 is 23.2 Å². The van der Waals surface area contributed by atoms with Gasteiger partial charge in [0.05, 0.1) is 21.7 Å². The van der Waals surface area contributed by atoms with E-state index in [1.54, 1.807) is 23.1 Å². The lowest BCUT2D eigenvalue weighted by Gasteiger charge is -2.30. The van der Waals surface area contributed by atoms with Crippen LogP contribution in [0, 0.1) is 0 Å². The average Bonchev–Trinajstić information content (AvgIpc) is 3.19. The van der Waals surface area contributed by atoms with Crippen molar-refractivity contribution in [2.45, 2.75) is 31.2 Å². The average molecular weight is 415 g/mol. The van der Waals surface area contributed by atoms with Crippen LogP contribution < -0.4 is 4.90 Å². The summed E-state index contributed by atoms with van der Waals surface area (Å²) in [4.78, 5) is 16.7. The molecule has 1 amide bonds. The van der Waals surface area contributed by atoms with Gasteiger partial charge in [-0.3, -0.25) is 14.6 Å². The van der Waals surface area contributed by atoms with Crippen LogP contribution in [0.1, 0.15) is 30.1 Å². The fourth-order valence-electron chi connectivity index (χ4n) is 3.86. The zero-order valence-corrected chi connectivity index (χ0v) is 15.5. The van der Waals surface area contributed by atoms with E-state index in [4.69, 9.17) is 23.2 Å². The van der Waals surface area contributed by atoms with Crippen LogP contribution in [0.4, 0.5) is 18.9 Å². The molecule has 0 bridgehead atoms. The number of carbonyl (C=O) groups is 1. The quantitative estimate of drug-likeness (QED) is 0.645. The predicted molar refractivity (Wildman–Crippen MR) is 97.9 cm³/mol. The first-order valence-corrected chi connectivity index (χ1v) is 9.24. The molecule has 2 atom stereocenters. The Kier molecular flexibility index (Phi) is 4.61. The Bertz CT molecular complexity index is 886. The van der Waals surface area contributed by atoms with Crippen molar-refractivity contribution >= 4 is 34.8 Å². The fraction of sp³-hybridized carbons (Fsp3) is 0.316. The first kappa shape index (κ1) is 18.6. The van der Waals surface area contributed by atoms with E-state index in [1.165, 1.54) is 12.1 Å². The standard InChI is InChI=1S/C19H15Cl2F3N2O/c20-14-8-7-13(10-15(14)21)26-17(25-9-1-2-16(25)18(26)27)11-3-5-12(6-4-11)19(22,23)24/h3-8,10,16-17H,1-2,9H2.